The lowest BCUT2D eigenvalue weighted by molar-refractivity contribution is -0.329. The number of hydrogen-bond donors (Lipinski definition) is 1. The molecule has 138 valence electrons. The van der Waals surface area contributed by atoms with Crippen molar-refractivity contribution in [1.29, 1.82) is 0 Å². The maximum absolute atomic E-state index is 12.7. The summed E-state index contributed by atoms with van der Waals surface area (Å²) in [7, 11) is 0. The molecule has 1 aliphatic carbocycles. The predicted octanol–water partition coefficient (Wildman–Crippen LogP) is 3.53. The van der Waals surface area contributed by atoms with E-state index in [0.717, 1.165) is 12.8 Å². The van der Waals surface area contributed by atoms with Crippen LogP contribution in [-0.4, -0.2) is 39.5 Å². The van der Waals surface area contributed by atoms with E-state index in [9.17, 15) is 4.79 Å². The minimum Gasteiger partial charge on any atom is -0.340 e. The number of nitrogens with one attached hydrogen (secondary N) is 1. The van der Waals surface area contributed by atoms with Gasteiger partial charge >= 0.3 is 0 Å². The Morgan fingerprint density at radius 2 is 1.54 bits per heavy atom. The number of carbonyl (C=O) groups excluding carboxylic acids is 1. The van der Waals surface area contributed by atoms with Gasteiger partial charge < -0.3 is 10.1 Å². The van der Waals surface area contributed by atoms with E-state index < -0.39 is 11.3 Å². The summed E-state index contributed by atoms with van der Waals surface area (Å²) in [4.78, 5) is 19.2. The van der Waals surface area contributed by atoms with E-state index in [0.29, 0.717) is 18.9 Å². The number of hydroxylamine groups is 2. The van der Waals surface area contributed by atoms with Crippen molar-refractivity contribution in [3.63, 3.8) is 0 Å². The van der Waals surface area contributed by atoms with Gasteiger partial charge in [0.15, 0.2) is 5.60 Å². The third-order valence-corrected chi connectivity index (χ3v) is 5.62. The van der Waals surface area contributed by atoms with Gasteiger partial charge in [0.25, 0.3) is 5.91 Å². The van der Waals surface area contributed by atoms with Gasteiger partial charge in [-0.15, -0.1) is 0 Å². The molecule has 2 saturated heterocycles. The van der Waals surface area contributed by atoms with Crippen molar-refractivity contribution in [1.82, 2.24) is 10.4 Å². The Balaban J connectivity index is 1.83. The molecule has 0 aromatic carbocycles. The van der Waals surface area contributed by atoms with Crippen molar-refractivity contribution >= 4 is 5.91 Å². The van der Waals surface area contributed by atoms with Crippen molar-refractivity contribution in [3.05, 3.63) is 0 Å². The molecule has 1 N–H and O–H groups in total. The van der Waals surface area contributed by atoms with Gasteiger partial charge in [-0.1, -0.05) is 19.3 Å². The van der Waals surface area contributed by atoms with Crippen molar-refractivity contribution < 1.29 is 14.4 Å². The number of rotatable bonds is 2. The summed E-state index contributed by atoms with van der Waals surface area (Å²) in [5, 5.41) is 5.17. The highest BCUT2D eigenvalue weighted by atomic mass is 16.7. The molecular weight excluding hydrogens is 304 g/mol. The summed E-state index contributed by atoms with van der Waals surface area (Å²) in [6.07, 6.45) is 7.69. The molecule has 3 fully saturated rings. The molecule has 0 radical (unpaired) electrons. The van der Waals surface area contributed by atoms with E-state index >= 15 is 0 Å². The molecule has 0 bridgehead atoms. The molecule has 2 aliphatic heterocycles. The van der Waals surface area contributed by atoms with Crippen LogP contribution < -0.4 is 5.32 Å². The first-order valence-electron chi connectivity index (χ1n) is 9.46. The second-order valence-electron chi connectivity index (χ2n) is 9.70. The van der Waals surface area contributed by atoms with Crippen LogP contribution in [-0.2, 0) is 14.4 Å². The molecule has 1 spiro atoms. The summed E-state index contributed by atoms with van der Waals surface area (Å²) < 4.78 is 6.26. The molecule has 3 rings (SSSR count). The van der Waals surface area contributed by atoms with E-state index in [2.05, 4.69) is 38.1 Å². The SMILES string of the molecule is CC1(C)NC(=O)C2(CC(C)(C)N(OC3CCCCC3)C(C)(C)C2)O1. The van der Waals surface area contributed by atoms with Gasteiger partial charge in [-0.05, 0) is 54.4 Å². The van der Waals surface area contributed by atoms with Crippen LogP contribution in [0.15, 0.2) is 0 Å². The van der Waals surface area contributed by atoms with Crippen LogP contribution >= 0.6 is 0 Å². The number of carbonyl (C=O) groups is 1. The summed E-state index contributed by atoms with van der Waals surface area (Å²) in [5.41, 5.74) is -1.90. The zero-order valence-corrected chi connectivity index (χ0v) is 16.2. The van der Waals surface area contributed by atoms with Crippen molar-refractivity contribution in [2.75, 3.05) is 0 Å². The Bertz CT molecular complexity index is 489. The molecule has 5 heteroatoms. The van der Waals surface area contributed by atoms with Gasteiger partial charge in [-0.25, -0.2) is 0 Å². The third kappa shape index (κ3) is 3.23. The molecule has 0 atom stereocenters. The van der Waals surface area contributed by atoms with Crippen LogP contribution in [0.4, 0.5) is 0 Å². The number of amides is 1. The first-order valence-corrected chi connectivity index (χ1v) is 9.46. The fraction of sp³-hybridized carbons (Fsp3) is 0.947. The molecule has 0 unspecified atom stereocenters. The van der Waals surface area contributed by atoms with Crippen molar-refractivity contribution in [2.24, 2.45) is 0 Å². The topological polar surface area (TPSA) is 50.8 Å². The van der Waals surface area contributed by atoms with Crippen LogP contribution in [0.3, 0.4) is 0 Å². The lowest BCUT2D eigenvalue weighted by Crippen LogP contribution is -2.67. The van der Waals surface area contributed by atoms with Crippen molar-refractivity contribution in [3.8, 4) is 0 Å². The molecule has 5 nitrogen and oxygen atoms in total. The highest BCUT2D eigenvalue weighted by Gasteiger charge is 2.62. The average molecular weight is 338 g/mol. The fourth-order valence-electron chi connectivity index (χ4n) is 5.21. The Morgan fingerprint density at radius 1 is 1.00 bits per heavy atom. The lowest BCUT2D eigenvalue weighted by Gasteiger charge is -2.57. The Hall–Kier alpha value is -0.650. The maximum atomic E-state index is 12.7. The van der Waals surface area contributed by atoms with Crippen molar-refractivity contribution in [2.45, 2.75) is 115 Å². The third-order valence-electron chi connectivity index (χ3n) is 5.62. The van der Waals surface area contributed by atoms with E-state index in [4.69, 9.17) is 9.57 Å². The Kier molecular flexibility index (Phi) is 4.30. The first-order chi connectivity index (χ1) is 11.0. The number of ether oxygens (including phenoxy) is 1. The van der Waals surface area contributed by atoms with Crippen LogP contribution in [0, 0.1) is 0 Å². The highest BCUT2D eigenvalue weighted by molar-refractivity contribution is 5.88. The van der Waals surface area contributed by atoms with E-state index in [1.54, 1.807) is 0 Å². The quantitative estimate of drug-likeness (QED) is 0.837. The zero-order valence-electron chi connectivity index (χ0n) is 16.2. The van der Waals surface area contributed by atoms with E-state index in [-0.39, 0.29) is 17.0 Å². The monoisotopic (exact) mass is 338 g/mol. The largest absolute Gasteiger partial charge is 0.340 e. The highest BCUT2D eigenvalue weighted by Crippen LogP contribution is 2.49. The first kappa shape index (κ1) is 18.2. The lowest BCUT2D eigenvalue weighted by atomic mass is 9.72. The number of nitrogens with zero attached hydrogens (tertiary/aromatic N) is 1. The number of piperidine rings is 1. The zero-order chi connectivity index (χ0) is 17.8. The summed E-state index contributed by atoms with van der Waals surface area (Å²) in [5.74, 6) is 0.0194. The minimum atomic E-state index is -0.761. The summed E-state index contributed by atoms with van der Waals surface area (Å²) in [6.45, 7) is 12.5. The molecule has 1 saturated carbocycles. The maximum Gasteiger partial charge on any atom is 0.254 e. The molecule has 0 aromatic rings. The standard InChI is InChI=1S/C19H34N2O3/c1-16(2)12-19(15(22)20-18(5,6)24-19)13-17(3,4)21(16)23-14-10-8-7-9-11-14/h14H,7-13H2,1-6H3,(H,20,22). The molecule has 3 aliphatic rings. The molecule has 24 heavy (non-hydrogen) atoms. The van der Waals surface area contributed by atoms with E-state index in [1.165, 1.54) is 19.3 Å². The molecule has 1 amide bonds. The molecular formula is C19H34N2O3. The summed E-state index contributed by atoms with van der Waals surface area (Å²) in [6, 6.07) is 0. The smallest absolute Gasteiger partial charge is 0.254 e. The van der Waals surface area contributed by atoms with Gasteiger partial charge in [0.1, 0.15) is 5.72 Å². The van der Waals surface area contributed by atoms with Gasteiger partial charge in [0, 0.05) is 23.9 Å². The van der Waals surface area contributed by atoms with Crippen LogP contribution in [0.1, 0.15) is 86.5 Å². The second kappa shape index (κ2) is 5.68. The van der Waals surface area contributed by atoms with Gasteiger partial charge in [0.05, 0.1) is 6.10 Å². The Labute approximate surface area is 146 Å². The average Bonchev–Trinajstić information content (AvgIpc) is 2.63. The van der Waals surface area contributed by atoms with E-state index in [1.807, 2.05) is 13.8 Å². The molecule has 2 heterocycles. The molecule has 0 aromatic heterocycles. The minimum absolute atomic E-state index is 0.0194. The van der Waals surface area contributed by atoms with Gasteiger partial charge in [-0.3, -0.25) is 9.63 Å². The number of hydrogen-bond acceptors (Lipinski definition) is 4. The van der Waals surface area contributed by atoms with Crippen LogP contribution in [0.25, 0.3) is 0 Å². The van der Waals surface area contributed by atoms with Gasteiger partial charge in [-0.2, -0.15) is 5.06 Å². The second-order valence-corrected chi connectivity index (χ2v) is 9.70. The normalized spacial score (nSPS) is 32.0. The fourth-order valence-corrected chi connectivity index (χ4v) is 5.21. The predicted molar refractivity (Wildman–Crippen MR) is 93.2 cm³/mol. The van der Waals surface area contributed by atoms with Crippen LogP contribution in [0.5, 0.6) is 0 Å². The van der Waals surface area contributed by atoms with Gasteiger partial charge in [0.2, 0.25) is 0 Å². The van der Waals surface area contributed by atoms with Crippen LogP contribution in [0.2, 0.25) is 0 Å². The summed E-state index contributed by atoms with van der Waals surface area (Å²) >= 11 is 0. The Morgan fingerprint density at radius 3 is 2.00 bits per heavy atom.